The lowest BCUT2D eigenvalue weighted by Crippen LogP contribution is -2.27. The SMILES string of the molecule is Cc1nn(CCCNC(=O)C[C@@H]2C=CS(=O)(=O)C2)c(C)c1Cl. The first-order chi connectivity index (χ1) is 10.3. The highest BCUT2D eigenvalue weighted by atomic mass is 35.5. The molecule has 0 saturated heterocycles. The van der Waals surface area contributed by atoms with Crippen molar-refractivity contribution >= 4 is 27.3 Å². The average molecular weight is 346 g/mol. The van der Waals surface area contributed by atoms with Crippen LogP contribution in [0.2, 0.25) is 5.02 Å². The van der Waals surface area contributed by atoms with E-state index in [-0.39, 0.29) is 24.0 Å². The third kappa shape index (κ3) is 4.33. The van der Waals surface area contributed by atoms with Crippen LogP contribution in [0.3, 0.4) is 0 Å². The van der Waals surface area contributed by atoms with Crippen LogP contribution in [-0.2, 0) is 21.2 Å². The molecule has 1 aromatic rings. The van der Waals surface area contributed by atoms with Crippen molar-refractivity contribution in [1.82, 2.24) is 15.1 Å². The molecule has 0 fully saturated rings. The van der Waals surface area contributed by atoms with Gasteiger partial charge in [0.15, 0.2) is 9.84 Å². The minimum Gasteiger partial charge on any atom is -0.356 e. The Morgan fingerprint density at radius 2 is 2.23 bits per heavy atom. The van der Waals surface area contributed by atoms with Crippen LogP contribution in [0.5, 0.6) is 0 Å². The van der Waals surface area contributed by atoms with E-state index in [0.29, 0.717) is 18.1 Å². The Kier molecular flexibility index (Phi) is 5.28. The Balaban J connectivity index is 1.69. The monoisotopic (exact) mass is 345 g/mol. The maximum absolute atomic E-state index is 11.8. The van der Waals surface area contributed by atoms with Crippen LogP contribution in [-0.4, -0.2) is 36.4 Å². The Hall–Kier alpha value is -1.34. The number of sulfone groups is 1. The van der Waals surface area contributed by atoms with Gasteiger partial charge in [0.1, 0.15) is 0 Å². The normalized spacial score (nSPS) is 19.5. The van der Waals surface area contributed by atoms with E-state index in [1.54, 1.807) is 6.08 Å². The van der Waals surface area contributed by atoms with Crippen molar-refractivity contribution in [3.63, 3.8) is 0 Å². The van der Waals surface area contributed by atoms with Crippen LogP contribution < -0.4 is 5.32 Å². The van der Waals surface area contributed by atoms with E-state index >= 15 is 0 Å². The smallest absolute Gasteiger partial charge is 0.220 e. The summed E-state index contributed by atoms with van der Waals surface area (Å²) in [4.78, 5) is 11.8. The van der Waals surface area contributed by atoms with Crippen LogP contribution in [0.4, 0.5) is 0 Å². The zero-order valence-electron chi connectivity index (χ0n) is 12.7. The summed E-state index contributed by atoms with van der Waals surface area (Å²) < 4.78 is 24.4. The molecule has 8 heteroatoms. The fraction of sp³-hybridized carbons (Fsp3) is 0.571. The van der Waals surface area contributed by atoms with E-state index in [2.05, 4.69) is 10.4 Å². The van der Waals surface area contributed by atoms with Gasteiger partial charge in [-0.25, -0.2) is 8.42 Å². The number of rotatable bonds is 6. The van der Waals surface area contributed by atoms with Gasteiger partial charge in [0, 0.05) is 30.8 Å². The first kappa shape index (κ1) is 17.0. The highest BCUT2D eigenvalue weighted by Crippen LogP contribution is 2.19. The molecule has 2 rings (SSSR count). The molecule has 6 nitrogen and oxygen atoms in total. The lowest BCUT2D eigenvalue weighted by atomic mass is 10.1. The molecule has 0 unspecified atom stereocenters. The molecular formula is C14H20ClN3O3S. The second-order valence-electron chi connectivity index (χ2n) is 5.53. The second kappa shape index (κ2) is 6.83. The third-order valence-corrected chi connectivity index (χ3v) is 5.63. The predicted molar refractivity (Wildman–Crippen MR) is 85.4 cm³/mol. The average Bonchev–Trinajstić information content (AvgIpc) is 2.89. The number of nitrogens with zero attached hydrogens (tertiary/aromatic N) is 2. The second-order valence-corrected chi connectivity index (χ2v) is 7.84. The first-order valence-corrected chi connectivity index (χ1v) is 9.25. The molecule has 1 atom stereocenters. The van der Waals surface area contributed by atoms with Crippen LogP contribution in [0, 0.1) is 19.8 Å². The molecule has 0 saturated carbocycles. The summed E-state index contributed by atoms with van der Waals surface area (Å²) in [5.74, 6) is -0.303. The standard InChI is InChI=1S/C14H20ClN3O3S/c1-10-14(15)11(2)18(17-10)6-3-5-16-13(19)8-12-4-7-22(20,21)9-12/h4,7,12H,3,5-6,8-9H2,1-2H3,(H,16,19)/t12-/m0/s1. The van der Waals surface area contributed by atoms with Gasteiger partial charge in [-0.3, -0.25) is 9.48 Å². The van der Waals surface area contributed by atoms with Crippen molar-refractivity contribution < 1.29 is 13.2 Å². The van der Waals surface area contributed by atoms with Gasteiger partial charge in [0.05, 0.1) is 22.2 Å². The maximum atomic E-state index is 11.8. The fourth-order valence-electron chi connectivity index (χ4n) is 2.43. The van der Waals surface area contributed by atoms with Gasteiger partial charge >= 0.3 is 0 Å². The highest BCUT2D eigenvalue weighted by Gasteiger charge is 2.23. The first-order valence-electron chi connectivity index (χ1n) is 7.15. The summed E-state index contributed by atoms with van der Waals surface area (Å²) in [7, 11) is -3.09. The van der Waals surface area contributed by atoms with Crippen molar-refractivity contribution in [2.24, 2.45) is 5.92 Å². The van der Waals surface area contributed by atoms with Gasteiger partial charge < -0.3 is 5.32 Å². The number of hydrogen-bond acceptors (Lipinski definition) is 4. The molecule has 122 valence electrons. The summed E-state index contributed by atoms with van der Waals surface area (Å²) in [6.45, 7) is 4.97. The molecule has 1 amide bonds. The van der Waals surface area contributed by atoms with Crippen molar-refractivity contribution in [2.45, 2.75) is 33.2 Å². The molecule has 1 aliphatic rings. The summed E-state index contributed by atoms with van der Waals surface area (Å²) >= 11 is 6.07. The predicted octanol–water partition coefficient (Wildman–Crippen LogP) is 1.61. The number of carbonyl (C=O) groups is 1. The van der Waals surface area contributed by atoms with E-state index < -0.39 is 9.84 Å². The number of amides is 1. The van der Waals surface area contributed by atoms with Crippen LogP contribution in [0.15, 0.2) is 11.5 Å². The Morgan fingerprint density at radius 1 is 1.50 bits per heavy atom. The van der Waals surface area contributed by atoms with Gasteiger partial charge in [-0.1, -0.05) is 17.7 Å². The fourth-order valence-corrected chi connectivity index (χ4v) is 3.96. The number of nitrogens with one attached hydrogen (secondary N) is 1. The molecule has 2 heterocycles. The Bertz CT molecular complexity index is 694. The Labute approximate surface area is 135 Å². The molecule has 0 bridgehead atoms. The number of aromatic nitrogens is 2. The molecule has 0 spiro atoms. The number of halogens is 1. The minimum absolute atomic E-state index is 0.0324. The minimum atomic E-state index is -3.09. The molecule has 1 aliphatic heterocycles. The molecule has 0 aromatic carbocycles. The Morgan fingerprint density at radius 3 is 2.77 bits per heavy atom. The summed E-state index contributed by atoms with van der Waals surface area (Å²) in [6.07, 6.45) is 2.54. The zero-order chi connectivity index (χ0) is 16.3. The zero-order valence-corrected chi connectivity index (χ0v) is 14.2. The lowest BCUT2D eigenvalue weighted by Gasteiger charge is -2.09. The van der Waals surface area contributed by atoms with E-state index in [4.69, 9.17) is 11.6 Å². The molecule has 1 aromatic heterocycles. The topological polar surface area (TPSA) is 81.1 Å². The lowest BCUT2D eigenvalue weighted by molar-refractivity contribution is -0.121. The molecule has 22 heavy (non-hydrogen) atoms. The molecule has 1 N–H and O–H groups in total. The van der Waals surface area contributed by atoms with Gasteiger partial charge in [0.25, 0.3) is 0 Å². The van der Waals surface area contributed by atoms with E-state index in [1.165, 1.54) is 5.41 Å². The van der Waals surface area contributed by atoms with Gasteiger partial charge in [-0.15, -0.1) is 0 Å². The third-order valence-electron chi connectivity index (χ3n) is 3.61. The number of aryl methyl sites for hydroxylation is 2. The van der Waals surface area contributed by atoms with Crippen LogP contribution in [0.1, 0.15) is 24.2 Å². The van der Waals surface area contributed by atoms with Gasteiger partial charge in [-0.2, -0.15) is 5.10 Å². The molecule has 0 aliphatic carbocycles. The summed E-state index contributed by atoms with van der Waals surface area (Å²) in [6, 6.07) is 0. The van der Waals surface area contributed by atoms with E-state index in [9.17, 15) is 13.2 Å². The van der Waals surface area contributed by atoms with Crippen molar-refractivity contribution in [3.05, 3.63) is 27.9 Å². The number of carbonyl (C=O) groups excluding carboxylic acids is 1. The van der Waals surface area contributed by atoms with E-state index in [0.717, 1.165) is 17.8 Å². The number of hydrogen-bond donors (Lipinski definition) is 1. The van der Waals surface area contributed by atoms with Crippen molar-refractivity contribution in [1.29, 1.82) is 0 Å². The largest absolute Gasteiger partial charge is 0.356 e. The van der Waals surface area contributed by atoms with Gasteiger partial charge in [-0.05, 0) is 20.3 Å². The van der Waals surface area contributed by atoms with E-state index in [1.807, 2.05) is 18.5 Å². The van der Waals surface area contributed by atoms with Crippen LogP contribution in [0.25, 0.3) is 0 Å². The summed E-state index contributed by atoms with van der Waals surface area (Å²) in [5, 5.41) is 9.00. The molecular weight excluding hydrogens is 326 g/mol. The van der Waals surface area contributed by atoms with Crippen molar-refractivity contribution in [2.75, 3.05) is 12.3 Å². The summed E-state index contributed by atoms with van der Waals surface area (Å²) in [5.41, 5.74) is 1.73. The van der Waals surface area contributed by atoms with Gasteiger partial charge in [0.2, 0.25) is 5.91 Å². The highest BCUT2D eigenvalue weighted by molar-refractivity contribution is 7.94. The maximum Gasteiger partial charge on any atom is 0.220 e. The molecule has 0 radical (unpaired) electrons. The quantitative estimate of drug-likeness (QED) is 0.794. The van der Waals surface area contributed by atoms with Crippen molar-refractivity contribution in [3.8, 4) is 0 Å². The number of allylic oxidation sites excluding steroid dienone is 1. The van der Waals surface area contributed by atoms with Crippen LogP contribution >= 0.6 is 11.6 Å².